The minimum atomic E-state index is -3.97. The molecule has 1 aromatic rings. The quantitative estimate of drug-likeness (QED) is 0.423. The van der Waals surface area contributed by atoms with Crippen molar-refractivity contribution < 1.29 is 18.1 Å². The summed E-state index contributed by atoms with van der Waals surface area (Å²) in [5.41, 5.74) is 0. The molecule has 0 bridgehead atoms. The summed E-state index contributed by atoms with van der Waals surface area (Å²) in [5.74, 6) is 2.89. The average molecular weight is 375 g/mol. The van der Waals surface area contributed by atoms with Crippen LogP contribution in [0.25, 0.3) is 0 Å². The van der Waals surface area contributed by atoms with Gasteiger partial charge in [-0.25, -0.2) is 8.42 Å². The maximum Gasteiger partial charge on any atom is 0.155 e. The van der Waals surface area contributed by atoms with Crippen LogP contribution in [0.4, 0.5) is 0 Å². The van der Waals surface area contributed by atoms with E-state index in [0.29, 0.717) is 23.1 Å². The lowest BCUT2D eigenvalue weighted by atomic mass is 10.1. The van der Waals surface area contributed by atoms with Crippen molar-refractivity contribution in [2.45, 2.75) is 63.2 Å². The predicted octanol–water partition coefficient (Wildman–Crippen LogP) is 4.06. The Labute approximate surface area is 149 Å². The Kier molecular flexibility index (Phi) is 10.5. The third-order valence-corrected chi connectivity index (χ3v) is 7.24. The number of phenols is 1. The lowest BCUT2D eigenvalue weighted by molar-refractivity contribution is 0.459. The molecular weight excluding hydrogens is 344 g/mol. The largest absolute Gasteiger partial charge is 0.748 e. The summed E-state index contributed by atoms with van der Waals surface area (Å²) in [7, 11) is -3.48. The minimum absolute atomic E-state index is 0.195. The molecule has 1 fully saturated rings. The predicted molar refractivity (Wildman–Crippen MR) is 101 cm³/mol. The molecular formula is C18H30O4S2. The Morgan fingerprint density at radius 3 is 2.08 bits per heavy atom. The number of hydrogen-bond donors (Lipinski definition) is 1. The van der Waals surface area contributed by atoms with Gasteiger partial charge in [0.25, 0.3) is 0 Å². The highest BCUT2D eigenvalue weighted by atomic mass is 32.2. The van der Waals surface area contributed by atoms with Crippen LogP contribution in [-0.2, 0) is 21.0 Å². The Morgan fingerprint density at radius 1 is 1.00 bits per heavy atom. The molecule has 0 unspecified atom stereocenters. The molecule has 0 amide bonds. The van der Waals surface area contributed by atoms with E-state index < -0.39 is 10.1 Å². The maximum atomic E-state index is 10.2. The number of unbranched alkanes of at least 4 members (excludes halogenated alkanes) is 5. The van der Waals surface area contributed by atoms with Gasteiger partial charge in [0, 0.05) is 16.6 Å². The number of hydrogen-bond acceptors (Lipinski definition) is 4. The maximum absolute atomic E-state index is 10.2. The van der Waals surface area contributed by atoms with E-state index in [1.54, 1.807) is 12.1 Å². The van der Waals surface area contributed by atoms with Gasteiger partial charge in [0.1, 0.15) is 17.3 Å². The number of aromatic hydroxyl groups is 1. The standard InChI is InChI=1S/C10H12OS.C8H18O3S/c11-9-3-5-10(6-4-9)12-7-1-2-8-12;1-2-3-4-5-6-7-8-12(9,10)11/h3-6H,1-2,7-8H2;2-8H2,1H3,(H,9,10,11). The van der Waals surface area contributed by atoms with Crippen molar-refractivity contribution in [3.05, 3.63) is 24.3 Å². The number of phenolic OH excluding ortho intramolecular Hbond substituents is 1. The van der Waals surface area contributed by atoms with Gasteiger partial charge in [-0.3, -0.25) is 0 Å². The van der Waals surface area contributed by atoms with Crippen LogP contribution in [0.1, 0.15) is 58.3 Å². The van der Waals surface area contributed by atoms with Gasteiger partial charge in [-0.15, -0.1) is 0 Å². The summed E-state index contributed by atoms with van der Waals surface area (Å²) < 4.78 is 30.5. The molecule has 1 heterocycles. The molecule has 1 saturated heterocycles. The van der Waals surface area contributed by atoms with E-state index >= 15 is 0 Å². The molecule has 138 valence electrons. The molecule has 1 N–H and O–H groups in total. The smallest absolute Gasteiger partial charge is 0.155 e. The fourth-order valence-electron chi connectivity index (χ4n) is 2.59. The van der Waals surface area contributed by atoms with Crippen LogP contribution in [0.3, 0.4) is 0 Å². The fraction of sp³-hybridized carbons (Fsp3) is 0.667. The van der Waals surface area contributed by atoms with Crippen LogP contribution in [0.5, 0.6) is 5.75 Å². The highest BCUT2D eigenvalue weighted by Gasteiger charge is 2.26. The Morgan fingerprint density at radius 2 is 1.54 bits per heavy atom. The zero-order valence-corrected chi connectivity index (χ0v) is 16.2. The Balaban J connectivity index is 0.000000240. The average Bonchev–Trinajstić information content (AvgIpc) is 3.05. The summed E-state index contributed by atoms with van der Waals surface area (Å²) in [6, 6.07) is 7.70. The van der Waals surface area contributed by atoms with Crippen molar-refractivity contribution in [1.82, 2.24) is 0 Å². The van der Waals surface area contributed by atoms with Gasteiger partial charge >= 0.3 is 0 Å². The molecule has 24 heavy (non-hydrogen) atoms. The van der Waals surface area contributed by atoms with Crippen LogP contribution in [0, 0.1) is 0 Å². The zero-order chi connectivity index (χ0) is 17.8. The summed E-state index contributed by atoms with van der Waals surface area (Å²) in [5, 5.41) is 9.10. The third-order valence-electron chi connectivity index (χ3n) is 3.95. The van der Waals surface area contributed by atoms with Crippen molar-refractivity contribution in [1.29, 1.82) is 0 Å². The second-order valence-electron chi connectivity index (χ2n) is 6.13. The Bertz CT molecular complexity index is 535. The van der Waals surface area contributed by atoms with Crippen molar-refractivity contribution >= 4 is 21.0 Å². The van der Waals surface area contributed by atoms with Gasteiger partial charge in [0.2, 0.25) is 0 Å². The molecule has 1 aromatic carbocycles. The summed E-state index contributed by atoms with van der Waals surface area (Å²) >= 11 is 0. The van der Waals surface area contributed by atoms with E-state index in [-0.39, 0.29) is 5.75 Å². The first kappa shape index (κ1) is 21.3. The van der Waals surface area contributed by atoms with E-state index in [1.165, 1.54) is 42.1 Å². The number of rotatable bonds is 8. The first-order valence-corrected chi connectivity index (χ1v) is 12.0. The van der Waals surface area contributed by atoms with Crippen LogP contribution < -0.4 is 0 Å². The van der Waals surface area contributed by atoms with Crippen molar-refractivity contribution in [3.63, 3.8) is 0 Å². The molecule has 4 nitrogen and oxygen atoms in total. The minimum Gasteiger partial charge on any atom is -0.748 e. The molecule has 0 aromatic heterocycles. The highest BCUT2D eigenvalue weighted by molar-refractivity contribution is 7.97. The van der Waals surface area contributed by atoms with Gasteiger partial charge in [0.05, 0.1) is 10.1 Å². The molecule has 6 heteroatoms. The van der Waals surface area contributed by atoms with Gasteiger partial charge in [-0.05, 0) is 43.5 Å². The monoisotopic (exact) mass is 374 g/mol. The Hall–Kier alpha value is -0.720. The van der Waals surface area contributed by atoms with Gasteiger partial charge in [-0.1, -0.05) is 39.0 Å². The van der Waals surface area contributed by atoms with E-state index in [2.05, 4.69) is 19.1 Å². The lowest BCUT2D eigenvalue weighted by Crippen LogP contribution is -2.03. The topological polar surface area (TPSA) is 77.4 Å². The SMILES string of the molecule is CCCCCCCCS(=O)(=O)[O-].Oc1ccc([S+]2CCCC2)cc1. The highest BCUT2D eigenvalue weighted by Crippen LogP contribution is 2.24. The second kappa shape index (κ2) is 11.8. The van der Waals surface area contributed by atoms with Crippen molar-refractivity contribution in [2.24, 2.45) is 0 Å². The first-order valence-electron chi connectivity index (χ1n) is 8.82. The summed E-state index contributed by atoms with van der Waals surface area (Å²) in [6.07, 6.45) is 8.72. The molecule has 0 aliphatic carbocycles. The van der Waals surface area contributed by atoms with E-state index in [9.17, 15) is 13.0 Å². The van der Waals surface area contributed by atoms with Gasteiger partial charge in [-0.2, -0.15) is 0 Å². The molecule has 0 saturated carbocycles. The molecule has 0 atom stereocenters. The first-order chi connectivity index (χ1) is 11.4. The van der Waals surface area contributed by atoms with Crippen LogP contribution in [0.2, 0.25) is 0 Å². The van der Waals surface area contributed by atoms with E-state index in [4.69, 9.17) is 5.11 Å². The van der Waals surface area contributed by atoms with E-state index in [0.717, 1.165) is 19.3 Å². The molecule has 2 rings (SSSR count). The van der Waals surface area contributed by atoms with Gasteiger partial charge in [0.15, 0.2) is 4.90 Å². The second-order valence-corrected chi connectivity index (χ2v) is 9.93. The van der Waals surface area contributed by atoms with Crippen molar-refractivity contribution in [3.8, 4) is 5.75 Å². The fourth-order valence-corrected chi connectivity index (χ4v) is 5.45. The molecule has 1 aliphatic rings. The summed E-state index contributed by atoms with van der Waals surface area (Å²) in [4.78, 5) is 1.42. The normalized spacial score (nSPS) is 15.1. The van der Waals surface area contributed by atoms with Crippen LogP contribution in [0.15, 0.2) is 29.2 Å². The molecule has 0 radical (unpaired) electrons. The molecule has 0 spiro atoms. The summed E-state index contributed by atoms with van der Waals surface area (Å²) in [6.45, 7) is 2.13. The van der Waals surface area contributed by atoms with Crippen LogP contribution in [-0.4, -0.2) is 35.3 Å². The van der Waals surface area contributed by atoms with E-state index in [1.807, 2.05) is 0 Å². The number of benzene rings is 1. The van der Waals surface area contributed by atoms with Crippen LogP contribution >= 0.6 is 0 Å². The van der Waals surface area contributed by atoms with Crippen molar-refractivity contribution in [2.75, 3.05) is 17.3 Å². The van der Waals surface area contributed by atoms with Gasteiger partial charge < -0.3 is 9.66 Å². The third kappa shape index (κ3) is 10.2. The zero-order valence-electron chi connectivity index (χ0n) is 14.6. The lowest BCUT2D eigenvalue weighted by Gasteiger charge is -2.05. The molecule has 1 aliphatic heterocycles.